The molecule has 0 aliphatic heterocycles. The summed E-state index contributed by atoms with van der Waals surface area (Å²) in [5.74, 6) is -0.239. The zero-order valence-corrected chi connectivity index (χ0v) is 27.2. The fraction of sp³-hybridized carbons (Fsp3) is 0.400. The largest absolute Gasteiger partial charge is 0.358 e. The van der Waals surface area contributed by atoms with E-state index >= 15 is 0 Å². The predicted octanol–water partition coefficient (Wildman–Crippen LogP) is 7.49. The molecule has 0 bridgehead atoms. The highest BCUT2D eigenvalue weighted by Gasteiger charge is 2.23. The van der Waals surface area contributed by atoms with Crippen molar-refractivity contribution >= 4 is 26.8 Å². The number of hydrogen-bond acceptors (Lipinski definition) is 4. The number of fused-ring (bicyclic) bond motifs is 1. The summed E-state index contributed by atoms with van der Waals surface area (Å²) in [4.78, 5) is 18.9. The summed E-state index contributed by atoms with van der Waals surface area (Å²) >= 11 is 0. The second kappa shape index (κ2) is 12.1. The Morgan fingerprint density at radius 3 is 1.98 bits per heavy atom. The minimum Gasteiger partial charge on any atom is -0.358 e. The van der Waals surface area contributed by atoms with Crippen molar-refractivity contribution < 1.29 is 13.2 Å². The summed E-state index contributed by atoms with van der Waals surface area (Å²) < 4.78 is 28.5. The Labute approximate surface area is 251 Å². The monoisotopic (exact) mass is 587 g/mol. The molecule has 224 valence electrons. The molecule has 0 saturated heterocycles. The number of nitrogens with one attached hydrogen (secondary N) is 2. The molecule has 7 heteroatoms. The van der Waals surface area contributed by atoms with Crippen molar-refractivity contribution in [2.75, 3.05) is 14.1 Å². The molecule has 0 aliphatic rings. The van der Waals surface area contributed by atoms with Gasteiger partial charge in [-0.2, -0.15) is 0 Å². The van der Waals surface area contributed by atoms with Crippen molar-refractivity contribution in [3.05, 3.63) is 88.6 Å². The number of hydrogen-bond donors (Lipinski definition) is 2. The van der Waals surface area contributed by atoms with Crippen molar-refractivity contribution in [1.29, 1.82) is 0 Å². The van der Waals surface area contributed by atoms with Gasteiger partial charge in [0, 0.05) is 28.6 Å². The maximum atomic E-state index is 13.2. The number of nitrogens with zero attached hydrogens (tertiary/aromatic N) is 1. The van der Waals surface area contributed by atoms with Crippen LogP contribution in [0.25, 0.3) is 22.0 Å². The van der Waals surface area contributed by atoms with E-state index in [-0.39, 0.29) is 28.6 Å². The number of aromatic amines is 1. The molecule has 4 aromatic rings. The highest BCUT2D eigenvalue weighted by molar-refractivity contribution is 7.90. The number of amides is 1. The Hall–Kier alpha value is -3.42. The molecule has 0 aliphatic carbocycles. The summed E-state index contributed by atoms with van der Waals surface area (Å²) in [5, 5.41) is 1.16. The second-order valence-corrected chi connectivity index (χ2v) is 14.9. The van der Waals surface area contributed by atoms with Crippen LogP contribution in [0.3, 0.4) is 0 Å². The lowest BCUT2D eigenvalue weighted by Gasteiger charge is -2.22. The second-order valence-electron chi connectivity index (χ2n) is 13.3. The molecule has 1 heterocycles. The van der Waals surface area contributed by atoms with Gasteiger partial charge in [0.2, 0.25) is 5.91 Å². The lowest BCUT2D eigenvalue weighted by Crippen LogP contribution is -2.32. The van der Waals surface area contributed by atoms with Crippen molar-refractivity contribution in [2.45, 2.75) is 83.6 Å². The van der Waals surface area contributed by atoms with Gasteiger partial charge in [0.1, 0.15) is 0 Å². The zero-order valence-electron chi connectivity index (χ0n) is 26.4. The van der Waals surface area contributed by atoms with Crippen molar-refractivity contribution in [3.8, 4) is 11.1 Å². The highest BCUT2D eigenvalue weighted by Crippen LogP contribution is 2.36. The maximum Gasteiger partial charge on any atom is 0.264 e. The summed E-state index contributed by atoms with van der Waals surface area (Å²) in [6.45, 7) is 15.8. The molecule has 3 aromatic carbocycles. The number of sulfonamides is 1. The third-order valence-electron chi connectivity index (χ3n) is 7.64. The smallest absolute Gasteiger partial charge is 0.264 e. The van der Waals surface area contributed by atoms with Gasteiger partial charge in [-0.1, -0.05) is 78.8 Å². The van der Waals surface area contributed by atoms with E-state index in [1.54, 1.807) is 24.3 Å². The average molecular weight is 588 g/mol. The van der Waals surface area contributed by atoms with E-state index in [1.165, 1.54) is 5.69 Å². The average Bonchev–Trinajstić information content (AvgIpc) is 3.32. The van der Waals surface area contributed by atoms with Crippen LogP contribution in [0, 0.1) is 0 Å². The first-order chi connectivity index (χ1) is 19.5. The third-order valence-corrected chi connectivity index (χ3v) is 9.03. The Balaban J connectivity index is 1.66. The molecule has 2 N–H and O–H groups in total. The fourth-order valence-electron chi connectivity index (χ4n) is 5.38. The minimum atomic E-state index is -3.99. The lowest BCUT2D eigenvalue weighted by atomic mass is 9.84. The van der Waals surface area contributed by atoms with E-state index in [4.69, 9.17) is 0 Å². The number of carbonyl (C=O) groups excluding carboxylic acids is 1. The van der Waals surface area contributed by atoms with Gasteiger partial charge >= 0.3 is 0 Å². The third kappa shape index (κ3) is 7.13. The number of rotatable bonds is 9. The highest BCUT2D eigenvalue weighted by atomic mass is 32.2. The molecule has 42 heavy (non-hydrogen) atoms. The lowest BCUT2D eigenvalue weighted by molar-refractivity contribution is -0.118. The van der Waals surface area contributed by atoms with Gasteiger partial charge in [0.25, 0.3) is 10.0 Å². The topological polar surface area (TPSA) is 82.3 Å². The Kier molecular flexibility index (Phi) is 9.05. The molecule has 4 rings (SSSR count). The standard InChI is InChI=1S/C35H45N3O3S/c1-22(2)29-17-26(25-12-15-32-27(16-25)19-33(36-32)35(5,6)7)18-30(23(3)4)31(29)20-34(39)37-42(40,41)28-13-10-24(11-14-28)21-38(8)9/h10-19,22-23,36H,20-21H2,1-9H3,(H,37,39). The van der Waals surface area contributed by atoms with Crippen molar-refractivity contribution in [1.82, 2.24) is 14.6 Å². The molecule has 6 nitrogen and oxygen atoms in total. The van der Waals surface area contributed by atoms with Gasteiger partial charge in [-0.15, -0.1) is 0 Å². The predicted molar refractivity (Wildman–Crippen MR) is 173 cm³/mol. The van der Waals surface area contributed by atoms with Crippen LogP contribution >= 0.6 is 0 Å². The number of H-pyrrole nitrogens is 1. The number of carbonyl (C=O) groups is 1. The molecule has 0 saturated carbocycles. The van der Waals surface area contributed by atoms with Gasteiger partial charge in [-0.25, -0.2) is 13.1 Å². The zero-order chi connectivity index (χ0) is 31.0. The normalized spacial score (nSPS) is 12.6. The quantitative estimate of drug-likeness (QED) is 0.213. The summed E-state index contributed by atoms with van der Waals surface area (Å²) in [6.07, 6.45) is -0.00889. The van der Waals surface area contributed by atoms with Crippen LogP contribution < -0.4 is 4.72 Å². The number of benzene rings is 3. The Morgan fingerprint density at radius 2 is 1.45 bits per heavy atom. The molecular formula is C35H45N3O3S. The van der Waals surface area contributed by atoms with Gasteiger partial charge in [0.15, 0.2) is 0 Å². The Morgan fingerprint density at radius 1 is 0.857 bits per heavy atom. The molecular weight excluding hydrogens is 542 g/mol. The molecule has 0 atom stereocenters. The molecule has 1 aromatic heterocycles. The molecule has 1 amide bonds. The SMILES string of the molecule is CC(C)c1cc(-c2ccc3[nH]c(C(C)(C)C)cc3c2)cc(C(C)C)c1CC(=O)NS(=O)(=O)c1ccc(CN(C)C)cc1. The van der Waals surface area contributed by atoms with Crippen LogP contribution in [0.1, 0.15) is 88.2 Å². The molecule has 0 unspecified atom stereocenters. The van der Waals surface area contributed by atoms with Gasteiger partial charge in [-0.3, -0.25) is 4.79 Å². The van der Waals surface area contributed by atoms with Crippen molar-refractivity contribution in [2.24, 2.45) is 0 Å². The van der Waals surface area contributed by atoms with E-state index in [0.29, 0.717) is 6.54 Å². The first-order valence-electron chi connectivity index (χ1n) is 14.6. The molecule has 0 spiro atoms. The summed E-state index contributed by atoms with van der Waals surface area (Å²) in [7, 11) is -0.0763. The van der Waals surface area contributed by atoms with Crippen LogP contribution in [-0.2, 0) is 33.2 Å². The first-order valence-corrected chi connectivity index (χ1v) is 16.1. The van der Waals surface area contributed by atoms with Crippen LogP contribution in [0.5, 0.6) is 0 Å². The fourth-order valence-corrected chi connectivity index (χ4v) is 6.36. The maximum absolute atomic E-state index is 13.2. The van der Waals surface area contributed by atoms with E-state index in [1.807, 2.05) is 19.0 Å². The van der Waals surface area contributed by atoms with E-state index in [0.717, 1.165) is 44.3 Å². The summed E-state index contributed by atoms with van der Waals surface area (Å²) in [6, 6.07) is 19.7. The molecule has 0 radical (unpaired) electrons. The number of aromatic nitrogens is 1. The minimum absolute atomic E-state index is 0.00889. The van der Waals surface area contributed by atoms with Gasteiger partial charge in [-0.05, 0) is 89.6 Å². The van der Waals surface area contributed by atoms with E-state index in [2.05, 4.69) is 94.6 Å². The van der Waals surface area contributed by atoms with Crippen LogP contribution in [0.2, 0.25) is 0 Å². The molecule has 0 fully saturated rings. The Bertz CT molecular complexity index is 1660. The van der Waals surface area contributed by atoms with E-state index in [9.17, 15) is 13.2 Å². The van der Waals surface area contributed by atoms with Crippen LogP contribution in [0.4, 0.5) is 0 Å². The van der Waals surface area contributed by atoms with Gasteiger partial charge in [0.05, 0.1) is 11.3 Å². The van der Waals surface area contributed by atoms with Crippen LogP contribution in [-0.4, -0.2) is 38.3 Å². The van der Waals surface area contributed by atoms with Gasteiger partial charge < -0.3 is 9.88 Å². The first kappa shape index (κ1) is 31.5. The van der Waals surface area contributed by atoms with Crippen LogP contribution in [0.15, 0.2) is 65.6 Å². The van der Waals surface area contributed by atoms with E-state index < -0.39 is 15.9 Å². The van der Waals surface area contributed by atoms with Crippen molar-refractivity contribution in [3.63, 3.8) is 0 Å². The summed E-state index contributed by atoms with van der Waals surface area (Å²) in [5.41, 5.74) is 8.55.